The summed E-state index contributed by atoms with van der Waals surface area (Å²) in [4.78, 5) is 7.75. The smallest absolute Gasteiger partial charge is 0.191 e. The summed E-state index contributed by atoms with van der Waals surface area (Å²) in [5, 5.41) is 17.8. The molecule has 0 aliphatic carbocycles. The van der Waals surface area contributed by atoms with E-state index in [1.54, 1.807) is 0 Å². The van der Waals surface area contributed by atoms with Gasteiger partial charge in [0.25, 0.3) is 0 Å². The Bertz CT molecular complexity index is 687. The van der Waals surface area contributed by atoms with E-state index in [0.29, 0.717) is 25.7 Å². The average Bonchev–Trinajstić information content (AvgIpc) is 3.03. The summed E-state index contributed by atoms with van der Waals surface area (Å²) in [5.41, 5.74) is 2.44. The summed E-state index contributed by atoms with van der Waals surface area (Å²) in [6, 6.07) is 8.31. The minimum atomic E-state index is -0.585. The number of aliphatic imine (C=N–C) groups is 1. The van der Waals surface area contributed by atoms with E-state index in [1.165, 1.54) is 10.9 Å². The maximum absolute atomic E-state index is 9.98. The van der Waals surface area contributed by atoms with Crippen molar-refractivity contribution in [2.75, 3.05) is 32.8 Å². The van der Waals surface area contributed by atoms with Crippen LogP contribution >= 0.6 is 24.0 Å². The first-order chi connectivity index (χ1) is 12.6. The number of aromatic nitrogens is 1. The van der Waals surface area contributed by atoms with Crippen molar-refractivity contribution in [1.29, 1.82) is 0 Å². The second kappa shape index (κ2) is 13.0. The van der Waals surface area contributed by atoms with Crippen LogP contribution in [0.1, 0.15) is 26.3 Å². The highest BCUT2D eigenvalue weighted by Crippen LogP contribution is 2.17. The van der Waals surface area contributed by atoms with Gasteiger partial charge < -0.3 is 25.5 Å². The lowest BCUT2D eigenvalue weighted by molar-refractivity contribution is 0.0301. The van der Waals surface area contributed by atoms with Crippen molar-refractivity contribution < 1.29 is 9.84 Å². The number of nitrogens with one attached hydrogen (secondary N) is 3. The number of hydrogen-bond acceptors (Lipinski definition) is 3. The van der Waals surface area contributed by atoms with E-state index in [9.17, 15) is 5.11 Å². The van der Waals surface area contributed by atoms with Gasteiger partial charge >= 0.3 is 0 Å². The van der Waals surface area contributed by atoms with Gasteiger partial charge in [-0.2, -0.15) is 0 Å². The van der Waals surface area contributed by atoms with E-state index in [-0.39, 0.29) is 24.0 Å². The highest BCUT2D eigenvalue weighted by molar-refractivity contribution is 14.0. The Balaban J connectivity index is 0.00000364. The van der Waals surface area contributed by atoms with Gasteiger partial charge in [-0.15, -0.1) is 24.0 Å². The normalized spacial score (nSPS) is 12.9. The lowest BCUT2D eigenvalue weighted by Crippen LogP contribution is -2.39. The Hall–Kier alpha value is -1.32. The van der Waals surface area contributed by atoms with Crippen LogP contribution in [0.5, 0.6) is 0 Å². The van der Waals surface area contributed by atoms with Crippen LogP contribution in [0, 0.1) is 5.92 Å². The monoisotopic (exact) mass is 488 g/mol. The molecule has 0 amide bonds. The largest absolute Gasteiger partial charge is 0.389 e. The zero-order chi connectivity index (χ0) is 18.8. The van der Waals surface area contributed by atoms with Gasteiger partial charge in [0.05, 0.1) is 19.3 Å². The van der Waals surface area contributed by atoms with Crippen LogP contribution in [0.15, 0.2) is 35.5 Å². The minimum Gasteiger partial charge on any atom is -0.389 e. The predicted octanol–water partition coefficient (Wildman–Crippen LogP) is 2.92. The van der Waals surface area contributed by atoms with Gasteiger partial charge in [-0.25, -0.2) is 0 Å². The van der Waals surface area contributed by atoms with Gasteiger partial charge in [0.15, 0.2) is 5.96 Å². The number of aliphatic hydroxyl groups is 1. The summed E-state index contributed by atoms with van der Waals surface area (Å²) in [7, 11) is 0. The molecule has 2 rings (SSSR count). The topological polar surface area (TPSA) is 81.7 Å². The van der Waals surface area contributed by atoms with E-state index in [1.807, 2.05) is 13.0 Å². The Kier molecular flexibility index (Phi) is 11.4. The van der Waals surface area contributed by atoms with Crippen LogP contribution in [0.4, 0.5) is 0 Å². The number of aliphatic hydroxyl groups excluding tert-OH is 1. The maximum Gasteiger partial charge on any atom is 0.191 e. The Morgan fingerprint density at radius 1 is 1.22 bits per heavy atom. The number of benzene rings is 1. The standard InChI is InChI=1S/C20H32N4O2.HI/c1-4-21-20(24-12-17(25)14-26-13-15(2)3)22-10-9-16-11-23-19-8-6-5-7-18(16)19;/h5-8,11,15,17,23,25H,4,9-10,12-14H2,1-3H3,(H2,21,22,24);1H. The molecule has 0 spiro atoms. The molecule has 0 aliphatic rings. The molecular weight excluding hydrogens is 455 g/mol. The molecule has 1 aromatic carbocycles. The third-order valence-electron chi connectivity index (χ3n) is 3.93. The van der Waals surface area contributed by atoms with E-state index >= 15 is 0 Å². The number of guanidine groups is 1. The van der Waals surface area contributed by atoms with Crippen LogP contribution < -0.4 is 10.6 Å². The summed E-state index contributed by atoms with van der Waals surface area (Å²) >= 11 is 0. The summed E-state index contributed by atoms with van der Waals surface area (Å²) in [6.45, 7) is 9.04. The second-order valence-corrected chi connectivity index (χ2v) is 6.84. The molecule has 1 heterocycles. The first-order valence-corrected chi connectivity index (χ1v) is 9.43. The first-order valence-electron chi connectivity index (χ1n) is 9.43. The fraction of sp³-hybridized carbons (Fsp3) is 0.550. The summed E-state index contributed by atoms with van der Waals surface area (Å²) in [6.07, 6.45) is 2.37. The van der Waals surface area contributed by atoms with Gasteiger partial charge in [0.2, 0.25) is 0 Å². The van der Waals surface area contributed by atoms with E-state index < -0.39 is 6.10 Å². The van der Waals surface area contributed by atoms with Gasteiger partial charge in [-0.1, -0.05) is 32.0 Å². The van der Waals surface area contributed by atoms with Crippen molar-refractivity contribution >= 4 is 40.8 Å². The van der Waals surface area contributed by atoms with E-state index in [0.717, 1.165) is 31.0 Å². The van der Waals surface area contributed by atoms with Crippen LogP contribution in [0.25, 0.3) is 10.9 Å². The number of H-pyrrole nitrogens is 1. The summed E-state index contributed by atoms with van der Waals surface area (Å²) < 4.78 is 5.46. The Morgan fingerprint density at radius 2 is 2.00 bits per heavy atom. The van der Waals surface area contributed by atoms with Gasteiger partial charge in [-0.05, 0) is 30.9 Å². The number of ether oxygens (including phenoxy) is 1. The molecule has 4 N–H and O–H groups in total. The highest BCUT2D eigenvalue weighted by atomic mass is 127. The molecule has 7 heteroatoms. The molecule has 6 nitrogen and oxygen atoms in total. The van der Waals surface area contributed by atoms with Gasteiger partial charge in [0, 0.05) is 36.8 Å². The fourth-order valence-electron chi connectivity index (χ4n) is 2.68. The number of hydrogen-bond donors (Lipinski definition) is 4. The number of fused-ring (bicyclic) bond motifs is 1. The van der Waals surface area contributed by atoms with Crippen molar-refractivity contribution in [2.24, 2.45) is 10.9 Å². The quantitative estimate of drug-likeness (QED) is 0.236. The van der Waals surface area contributed by atoms with Crippen LogP contribution in [0.2, 0.25) is 0 Å². The third kappa shape index (κ3) is 8.49. The number of nitrogens with zero attached hydrogens (tertiary/aromatic N) is 1. The molecule has 152 valence electrons. The predicted molar refractivity (Wildman–Crippen MR) is 123 cm³/mol. The van der Waals surface area contributed by atoms with Crippen molar-refractivity contribution in [3.05, 3.63) is 36.0 Å². The van der Waals surface area contributed by atoms with Crippen molar-refractivity contribution in [2.45, 2.75) is 33.3 Å². The fourth-order valence-corrected chi connectivity index (χ4v) is 2.68. The molecular formula is C20H33IN4O2. The lowest BCUT2D eigenvalue weighted by Gasteiger charge is -2.14. The van der Waals surface area contributed by atoms with Crippen molar-refractivity contribution in [1.82, 2.24) is 15.6 Å². The molecule has 2 aromatic rings. The Labute approximate surface area is 179 Å². The summed E-state index contributed by atoms with van der Waals surface area (Å²) in [5.74, 6) is 1.18. The van der Waals surface area contributed by atoms with Crippen LogP contribution in [-0.4, -0.2) is 55.0 Å². The maximum atomic E-state index is 9.98. The molecule has 0 bridgehead atoms. The molecule has 0 radical (unpaired) electrons. The van der Waals surface area contributed by atoms with Gasteiger partial charge in [0.1, 0.15) is 0 Å². The number of rotatable bonds is 10. The zero-order valence-corrected chi connectivity index (χ0v) is 18.8. The molecule has 0 aliphatic heterocycles. The van der Waals surface area contributed by atoms with Crippen molar-refractivity contribution in [3.8, 4) is 0 Å². The molecule has 1 aromatic heterocycles. The SMILES string of the molecule is CCNC(=NCC(O)COCC(C)C)NCCc1c[nH]c2ccccc12.I. The molecule has 1 atom stereocenters. The molecule has 0 saturated carbocycles. The minimum absolute atomic E-state index is 0. The average molecular weight is 488 g/mol. The lowest BCUT2D eigenvalue weighted by atomic mass is 10.1. The number of halogens is 1. The van der Waals surface area contributed by atoms with E-state index in [4.69, 9.17) is 4.74 Å². The van der Waals surface area contributed by atoms with Crippen LogP contribution in [-0.2, 0) is 11.2 Å². The van der Waals surface area contributed by atoms with E-state index in [2.05, 4.69) is 58.9 Å². The van der Waals surface area contributed by atoms with Gasteiger partial charge in [-0.3, -0.25) is 4.99 Å². The van der Waals surface area contributed by atoms with Crippen LogP contribution in [0.3, 0.4) is 0 Å². The van der Waals surface area contributed by atoms with Crippen molar-refractivity contribution in [3.63, 3.8) is 0 Å². The second-order valence-electron chi connectivity index (χ2n) is 6.84. The molecule has 0 saturated heterocycles. The molecule has 0 fully saturated rings. The number of para-hydroxylation sites is 1. The third-order valence-corrected chi connectivity index (χ3v) is 3.93. The molecule has 1 unspecified atom stereocenters. The zero-order valence-electron chi connectivity index (χ0n) is 16.5. The highest BCUT2D eigenvalue weighted by Gasteiger charge is 2.06. The molecule has 27 heavy (non-hydrogen) atoms. The number of aromatic amines is 1. The first kappa shape index (κ1) is 23.7. The Morgan fingerprint density at radius 3 is 2.74 bits per heavy atom.